The van der Waals surface area contributed by atoms with Crippen molar-refractivity contribution in [1.82, 2.24) is 0 Å². The molecule has 0 heterocycles. The molecule has 1 heteroatoms. The maximum atomic E-state index is 9.72. The Balaban J connectivity index is 2.14. The molecule has 0 aromatic heterocycles. The number of allylic oxidation sites excluding steroid dienone is 1. The SMILES string of the molecule is CCCCC/C=C\[C@@H]1CCCC[C@H]1O. The largest absolute Gasteiger partial charge is 0.393 e. The maximum absolute atomic E-state index is 9.72. The van der Waals surface area contributed by atoms with Crippen LogP contribution < -0.4 is 0 Å². The summed E-state index contributed by atoms with van der Waals surface area (Å²) >= 11 is 0. The van der Waals surface area contributed by atoms with Crippen molar-refractivity contribution in [3.05, 3.63) is 12.2 Å². The van der Waals surface area contributed by atoms with Gasteiger partial charge in [0, 0.05) is 5.92 Å². The number of hydrogen-bond acceptors (Lipinski definition) is 1. The standard InChI is InChI=1S/C13H24O/c1-2-3-4-5-6-9-12-10-7-8-11-13(12)14/h6,9,12-14H,2-5,7-8,10-11H2,1H3/b9-6-/t12-,13-/m1/s1. The van der Waals surface area contributed by atoms with Crippen molar-refractivity contribution in [3.63, 3.8) is 0 Å². The Labute approximate surface area is 88.2 Å². The number of unbranched alkanes of at least 4 members (excludes halogenated alkanes) is 3. The van der Waals surface area contributed by atoms with Gasteiger partial charge in [-0.1, -0.05) is 44.8 Å². The lowest BCUT2D eigenvalue weighted by molar-refractivity contribution is 0.0926. The quantitative estimate of drug-likeness (QED) is 0.525. The van der Waals surface area contributed by atoms with Crippen LogP contribution >= 0.6 is 0 Å². The van der Waals surface area contributed by atoms with Crippen molar-refractivity contribution in [3.8, 4) is 0 Å². The van der Waals surface area contributed by atoms with Crippen molar-refractivity contribution in [2.45, 2.75) is 64.4 Å². The summed E-state index contributed by atoms with van der Waals surface area (Å²) < 4.78 is 0. The molecule has 1 saturated carbocycles. The Morgan fingerprint density at radius 1 is 1.21 bits per heavy atom. The highest BCUT2D eigenvalue weighted by Gasteiger charge is 2.19. The predicted octanol–water partition coefficient (Wildman–Crippen LogP) is 3.67. The van der Waals surface area contributed by atoms with Gasteiger partial charge in [0.15, 0.2) is 0 Å². The minimum atomic E-state index is -0.0637. The van der Waals surface area contributed by atoms with Crippen molar-refractivity contribution in [1.29, 1.82) is 0 Å². The molecule has 1 nitrogen and oxygen atoms in total. The van der Waals surface area contributed by atoms with E-state index in [1.54, 1.807) is 0 Å². The molecule has 0 aliphatic heterocycles. The topological polar surface area (TPSA) is 20.2 Å². The van der Waals surface area contributed by atoms with E-state index in [2.05, 4.69) is 19.1 Å². The smallest absolute Gasteiger partial charge is 0.0602 e. The molecule has 0 aromatic carbocycles. The van der Waals surface area contributed by atoms with E-state index in [1.165, 1.54) is 44.9 Å². The van der Waals surface area contributed by atoms with Gasteiger partial charge < -0.3 is 5.11 Å². The van der Waals surface area contributed by atoms with Crippen molar-refractivity contribution >= 4 is 0 Å². The molecule has 1 N–H and O–H groups in total. The Kier molecular flexibility index (Phi) is 5.93. The summed E-state index contributed by atoms with van der Waals surface area (Å²) in [6.07, 6.45) is 14.3. The fraction of sp³-hybridized carbons (Fsp3) is 0.846. The van der Waals surface area contributed by atoms with Gasteiger partial charge in [0.1, 0.15) is 0 Å². The van der Waals surface area contributed by atoms with Crippen LogP contribution in [-0.2, 0) is 0 Å². The lowest BCUT2D eigenvalue weighted by atomic mass is 9.86. The van der Waals surface area contributed by atoms with Crippen LogP contribution in [0.2, 0.25) is 0 Å². The van der Waals surface area contributed by atoms with Crippen molar-refractivity contribution in [2.24, 2.45) is 5.92 Å². The van der Waals surface area contributed by atoms with Crippen molar-refractivity contribution in [2.75, 3.05) is 0 Å². The fourth-order valence-corrected chi connectivity index (χ4v) is 2.15. The number of hydrogen-bond donors (Lipinski definition) is 1. The third-order valence-corrected chi connectivity index (χ3v) is 3.14. The Morgan fingerprint density at radius 2 is 2.00 bits per heavy atom. The van der Waals surface area contributed by atoms with Crippen molar-refractivity contribution < 1.29 is 5.11 Å². The van der Waals surface area contributed by atoms with E-state index >= 15 is 0 Å². The van der Waals surface area contributed by atoms with Crippen LogP contribution in [0.25, 0.3) is 0 Å². The third kappa shape index (κ3) is 4.28. The van der Waals surface area contributed by atoms with E-state index in [-0.39, 0.29) is 6.10 Å². The van der Waals surface area contributed by atoms with Gasteiger partial charge in [0.2, 0.25) is 0 Å². The molecule has 0 spiro atoms. The van der Waals surface area contributed by atoms with Crippen LogP contribution in [0.3, 0.4) is 0 Å². The van der Waals surface area contributed by atoms with E-state index in [1.807, 2.05) is 0 Å². The zero-order valence-electron chi connectivity index (χ0n) is 9.41. The summed E-state index contributed by atoms with van der Waals surface area (Å²) in [6.45, 7) is 2.23. The molecular formula is C13H24O. The lowest BCUT2D eigenvalue weighted by Crippen LogP contribution is -2.22. The van der Waals surface area contributed by atoms with Crippen LogP contribution in [0.5, 0.6) is 0 Å². The van der Waals surface area contributed by atoms with E-state index < -0.39 is 0 Å². The normalized spacial score (nSPS) is 28.4. The van der Waals surface area contributed by atoms with E-state index in [4.69, 9.17) is 0 Å². The molecule has 0 aromatic rings. The van der Waals surface area contributed by atoms with E-state index in [0.717, 1.165) is 6.42 Å². The molecule has 1 aliphatic carbocycles. The average molecular weight is 196 g/mol. The number of rotatable bonds is 5. The third-order valence-electron chi connectivity index (χ3n) is 3.14. The minimum Gasteiger partial charge on any atom is -0.393 e. The Bertz CT molecular complexity index is 163. The highest BCUT2D eigenvalue weighted by molar-refractivity contribution is 4.93. The van der Waals surface area contributed by atoms with Gasteiger partial charge in [-0.15, -0.1) is 0 Å². The van der Waals surface area contributed by atoms with Crippen LogP contribution in [0.15, 0.2) is 12.2 Å². The van der Waals surface area contributed by atoms with Gasteiger partial charge in [-0.25, -0.2) is 0 Å². The Hall–Kier alpha value is -0.300. The molecule has 0 amide bonds. The second kappa shape index (κ2) is 7.05. The summed E-state index contributed by atoms with van der Waals surface area (Å²) in [6, 6.07) is 0. The van der Waals surface area contributed by atoms with Crippen LogP contribution in [0.4, 0.5) is 0 Å². The van der Waals surface area contributed by atoms with Crippen LogP contribution in [-0.4, -0.2) is 11.2 Å². The number of aliphatic hydroxyl groups is 1. The predicted molar refractivity (Wildman–Crippen MR) is 61.2 cm³/mol. The molecule has 1 rings (SSSR count). The van der Waals surface area contributed by atoms with Crippen LogP contribution in [0, 0.1) is 5.92 Å². The second-order valence-electron chi connectivity index (χ2n) is 4.44. The molecule has 2 atom stereocenters. The van der Waals surface area contributed by atoms with Gasteiger partial charge in [-0.2, -0.15) is 0 Å². The summed E-state index contributed by atoms with van der Waals surface area (Å²) in [5.74, 6) is 0.449. The van der Waals surface area contributed by atoms with Gasteiger partial charge in [0.05, 0.1) is 6.10 Å². The monoisotopic (exact) mass is 196 g/mol. The minimum absolute atomic E-state index is 0.0637. The highest BCUT2D eigenvalue weighted by Crippen LogP contribution is 2.25. The summed E-state index contributed by atoms with van der Waals surface area (Å²) in [7, 11) is 0. The molecule has 0 radical (unpaired) electrons. The summed E-state index contributed by atoms with van der Waals surface area (Å²) in [5, 5.41) is 9.72. The zero-order valence-corrected chi connectivity index (χ0v) is 9.41. The molecular weight excluding hydrogens is 172 g/mol. The molecule has 82 valence electrons. The van der Waals surface area contributed by atoms with Gasteiger partial charge in [-0.05, 0) is 25.7 Å². The van der Waals surface area contributed by atoms with E-state index in [0.29, 0.717) is 5.92 Å². The summed E-state index contributed by atoms with van der Waals surface area (Å²) in [5.41, 5.74) is 0. The number of aliphatic hydroxyl groups excluding tert-OH is 1. The molecule has 1 aliphatic rings. The summed E-state index contributed by atoms with van der Waals surface area (Å²) in [4.78, 5) is 0. The fourth-order valence-electron chi connectivity index (χ4n) is 2.15. The molecule has 0 bridgehead atoms. The second-order valence-corrected chi connectivity index (χ2v) is 4.44. The molecule has 14 heavy (non-hydrogen) atoms. The first-order valence-electron chi connectivity index (χ1n) is 6.19. The Morgan fingerprint density at radius 3 is 2.71 bits per heavy atom. The first-order valence-corrected chi connectivity index (χ1v) is 6.19. The lowest BCUT2D eigenvalue weighted by Gasteiger charge is -2.24. The van der Waals surface area contributed by atoms with E-state index in [9.17, 15) is 5.11 Å². The average Bonchev–Trinajstić information content (AvgIpc) is 2.20. The molecule has 0 saturated heterocycles. The van der Waals surface area contributed by atoms with Gasteiger partial charge in [-0.3, -0.25) is 0 Å². The van der Waals surface area contributed by atoms with Gasteiger partial charge >= 0.3 is 0 Å². The first-order chi connectivity index (χ1) is 6.84. The highest BCUT2D eigenvalue weighted by atomic mass is 16.3. The van der Waals surface area contributed by atoms with Gasteiger partial charge in [0.25, 0.3) is 0 Å². The zero-order chi connectivity index (χ0) is 10.2. The van der Waals surface area contributed by atoms with Crippen LogP contribution in [0.1, 0.15) is 58.3 Å². The first kappa shape index (κ1) is 11.8. The maximum Gasteiger partial charge on any atom is 0.0602 e. The molecule has 0 unspecified atom stereocenters. The molecule has 1 fully saturated rings.